The van der Waals surface area contributed by atoms with Crippen LogP contribution in [0.3, 0.4) is 0 Å². The molecule has 32 heavy (non-hydrogen) atoms. The van der Waals surface area contributed by atoms with Crippen LogP contribution in [0.25, 0.3) is 0 Å². The van der Waals surface area contributed by atoms with Gasteiger partial charge in [-0.05, 0) is 11.6 Å². The minimum absolute atomic E-state index is 0.00490. The van der Waals surface area contributed by atoms with Crippen molar-refractivity contribution < 1.29 is 9.53 Å². The average Bonchev–Trinajstić information content (AvgIpc) is 3.22. The smallest absolute Gasteiger partial charge is 0.227 e. The number of nitrogens with zero attached hydrogens (tertiary/aromatic N) is 5. The number of nitrogens with one attached hydrogen (secondary N) is 1. The summed E-state index contributed by atoms with van der Waals surface area (Å²) in [5.74, 6) is 1.97. The number of ether oxygens (including phenoxy) is 1. The number of carbonyl (C=O) groups excluding carboxylic acids is 1. The van der Waals surface area contributed by atoms with E-state index in [9.17, 15) is 4.79 Å². The van der Waals surface area contributed by atoms with Crippen LogP contribution in [0.2, 0.25) is 0 Å². The first-order chi connectivity index (χ1) is 15.6. The Morgan fingerprint density at radius 2 is 1.81 bits per heavy atom. The zero-order valence-electron chi connectivity index (χ0n) is 18.7. The van der Waals surface area contributed by atoms with Gasteiger partial charge in [0.1, 0.15) is 0 Å². The van der Waals surface area contributed by atoms with E-state index in [1.165, 1.54) is 0 Å². The monoisotopic (exact) mass is 432 g/mol. The third-order valence-electron chi connectivity index (χ3n) is 5.60. The fraction of sp³-hybridized carbons (Fsp3) is 0.333. The summed E-state index contributed by atoms with van der Waals surface area (Å²) < 4.78 is 7.14. The summed E-state index contributed by atoms with van der Waals surface area (Å²) in [5.41, 5.74) is 2.32. The van der Waals surface area contributed by atoms with Gasteiger partial charge >= 0.3 is 0 Å². The lowest BCUT2D eigenvalue weighted by Crippen LogP contribution is -2.44. The largest absolute Gasteiger partial charge is 0.378 e. The minimum Gasteiger partial charge on any atom is -0.378 e. The molecule has 1 unspecified atom stereocenters. The Labute approximate surface area is 187 Å². The molecule has 8 heteroatoms. The summed E-state index contributed by atoms with van der Waals surface area (Å²) in [6, 6.07) is 17.0. The summed E-state index contributed by atoms with van der Waals surface area (Å²) in [4.78, 5) is 24.1. The van der Waals surface area contributed by atoms with Crippen LogP contribution in [0.15, 0.2) is 59.6 Å². The lowest BCUT2D eigenvalue weighted by Gasteiger charge is -2.29. The molecule has 1 N–H and O–H groups in total. The molecule has 0 aliphatic carbocycles. The van der Waals surface area contributed by atoms with Gasteiger partial charge in [0.25, 0.3) is 0 Å². The van der Waals surface area contributed by atoms with E-state index in [0.717, 1.165) is 24.6 Å². The molecule has 3 aromatic rings. The van der Waals surface area contributed by atoms with Gasteiger partial charge in [0.05, 0.1) is 13.2 Å². The van der Waals surface area contributed by atoms with Crippen molar-refractivity contribution >= 4 is 17.7 Å². The van der Waals surface area contributed by atoms with Gasteiger partial charge in [0.2, 0.25) is 11.9 Å². The van der Waals surface area contributed by atoms with Crippen molar-refractivity contribution in [1.29, 1.82) is 0 Å². The maximum atomic E-state index is 12.8. The second-order valence-electron chi connectivity index (χ2n) is 7.73. The topological polar surface area (TPSA) is 84.6 Å². The maximum Gasteiger partial charge on any atom is 0.227 e. The minimum atomic E-state index is -0.0781. The number of hydrogen-bond acceptors (Lipinski definition) is 5. The fourth-order valence-corrected chi connectivity index (χ4v) is 3.70. The molecular weight excluding hydrogens is 404 g/mol. The normalized spacial score (nSPS) is 15.5. The molecule has 0 spiro atoms. The maximum absolute atomic E-state index is 12.8. The molecule has 1 fully saturated rings. The first-order valence-electron chi connectivity index (χ1n) is 10.7. The highest BCUT2D eigenvalue weighted by atomic mass is 16.5. The molecule has 2 heterocycles. The van der Waals surface area contributed by atoms with Crippen molar-refractivity contribution in [3.63, 3.8) is 0 Å². The molecule has 1 saturated heterocycles. The van der Waals surface area contributed by atoms with E-state index < -0.39 is 0 Å². The fourth-order valence-electron chi connectivity index (χ4n) is 3.70. The summed E-state index contributed by atoms with van der Waals surface area (Å²) in [6.07, 6.45) is 0. The number of aromatic nitrogens is 3. The summed E-state index contributed by atoms with van der Waals surface area (Å²) in [6.45, 7) is 4.97. The van der Waals surface area contributed by atoms with Gasteiger partial charge in [-0.25, -0.2) is 4.68 Å². The summed E-state index contributed by atoms with van der Waals surface area (Å²) in [7, 11) is 3.61. The van der Waals surface area contributed by atoms with E-state index in [1.807, 2.05) is 68.6 Å². The predicted molar refractivity (Wildman–Crippen MR) is 124 cm³/mol. The number of anilines is 1. The van der Waals surface area contributed by atoms with Crippen LogP contribution in [0.1, 0.15) is 40.2 Å². The number of benzene rings is 2. The van der Waals surface area contributed by atoms with Crippen molar-refractivity contribution in [2.45, 2.75) is 12.8 Å². The lowest BCUT2D eigenvalue weighted by atomic mass is 9.95. The van der Waals surface area contributed by atoms with Crippen molar-refractivity contribution in [1.82, 2.24) is 19.7 Å². The lowest BCUT2D eigenvalue weighted by molar-refractivity contribution is 0.0679. The van der Waals surface area contributed by atoms with Crippen LogP contribution < -0.4 is 5.32 Å². The zero-order chi connectivity index (χ0) is 22.5. The standard InChI is InChI=1S/C24H28N6O2/c1-17(19-10-7-11-20(16-19)21(31)18-8-5-4-6-9-18)22-26-24(29(3)28-22)27-23(25-2)30-12-14-32-15-13-30/h4-11,16-17H,12-15H2,1-3H3,(H,25,26,27,28). The van der Waals surface area contributed by atoms with E-state index in [1.54, 1.807) is 11.7 Å². The molecule has 4 rings (SSSR count). The van der Waals surface area contributed by atoms with Crippen LogP contribution in [-0.2, 0) is 11.8 Å². The molecule has 8 nitrogen and oxygen atoms in total. The summed E-state index contributed by atoms with van der Waals surface area (Å²) >= 11 is 0. The van der Waals surface area contributed by atoms with Gasteiger partial charge in [0, 0.05) is 44.2 Å². The van der Waals surface area contributed by atoms with Crippen LogP contribution in [-0.4, -0.2) is 64.8 Å². The summed E-state index contributed by atoms with van der Waals surface area (Å²) in [5, 5.41) is 7.91. The Balaban J connectivity index is 1.53. The Morgan fingerprint density at radius 3 is 2.53 bits per heavy atom. The molecule has 0 saturated carbocycles. The number of guanidine groups is 1. The van der Waals surface area contributed by atoms with Gasteiger partial charge in [-0.1, -0.05) is 55.5 Å². The van der Waals surface area contributed by atoms with E-state index in [2.05, 4.69) is 20.3 Å². The predicted octanol–water partition coefficient (Wildman–Crippen LogP) is 2.93. The Bertz CT molecular complexity index is 1100. The Hall–Kier alpha value is -3.52. The average molecular weight is 433 g/mol. The Kier molecular flexibility index (Phi) is 6.61. The van der Waals surface area contributed by atoms with E-state index in [0.29, 0.717) is 36.1 Å². The van der Waals surface area contributed by atoms with Crippen molar-refractivity contribution in [3.05, 3.63) is 77.1 Å². The molecule has 166 valence electrons. The number of aryl methyl sites for hydroxylation is 1. The van der Waals surface area contributed by atoms with E-state index in [-0.39, 0.29) is 11.7 Å². The highest BCUT2D eigenvalue weighted by Crippen LogP contribution is 2.24. The van der Waals surface area contributed by atoms with Crippen LogP contribution in [0.5, 0.6) is 0 Å². The van der Waals surface area contributed by atoms with Gasteiger partial charge in [-0.2, -0.15) is 10.1 Å². The van der Waals surface area contributed by atoms with Crippen molar-refractivity contribution in [2.75, 3.05) is 38.7 Å². The van der Waals surface area contributed by atoms with E-state index >= 15 is 0 Å². The zero-order valence-corrected chi connectivity index (χ0v) is 18.7. The number of carbonyl (C=O) groups is 1. The van der Waals surface area contributed by atoms with Gasteiger partial charge in [-0.3, -0.25) is 15.1 Å². The van der Waals surface area contributed by atoms with Crippen LogP contribution in [0.4, 0.5) is 5.95 Å². The van der Waals surface area contributed by atoms with E-state index in [4.69, 9.17) is 9.72 Å². The second-order valence-corrected chi connectivity index (χ2v) is 7.73. The van der Waals surface area contributed by atoms with Gasteiger partial charge in [0.15, 0.2) is 11.6 Å². The number of ketones is 1. The molecule has 0 radical (unpaired) electrons. The van der Waals surface area contributed by atoms with Crippen molar-refractivity contribution in [2.24, 2.45) is 12.0 Å². The van der Waals surface area contributed by atoms with Gasteiger partial charge < -0.3 is 9.64 Å². The molecule has 1 aromatic heterocycles. The number of morpholine rings is 1. The van der Waals surface area contributed by atoms with Crippen LogP contribution in [0, 0.1) is 0 Å². The van der Waals surface area contributed by atoms with Gasteiger partial charge in [-0.15, -0.1) is 0 Å². The number of aliphatic imine (C=N–C) groups is 1. The molecule has 1 aliphatic rings. The second kappa shape index (κ2) is 9.74. The Morgan fingerprint density at radius 1 is 1.09 bits per heavy atom. The molecular formula is C24H28N6O2. The quantitative estimate of drug-likeness (QED) is 0.379. The SMILES string of the molecule is CN=C(Nc1nc(C(C)c2cccc(C(=O)c3ccccc3)c2)nn1C)N1CCOCC1. The molecule has 0 amide bonds. The molecule has 0 bridgehead atoms. The number of rotatable bonds is 5. The third-order valence-corrected chi connectivity index (χ3v) is 5.60. The van der Waals surface area contributed by atoms with Crippen molar-refractivity contribution in [3.8, 4) is 0 Å². The highest BCUT2D eigenvalue weighted by Gasteiger charge is 2.20. The third kappa shape index (κ3) is 4.70. The number of hydrogen-bond donors (Lipinski definition) is 1. The molecule has 2 aromatic carbocycles. The first-order valence-corrected chi connectivity index (χ1v) is 10.7. The highest BCUT2D eigenvalue weighted by molar-refractivity contribution is 6.09. The molecule has 1 aliphatic heterocycles. The first kappa shape index (κ1) is 21.7. The van der Waals surface area contributed by atoms with Crippen LogP contribution >= 0.6 is 0 Å². The molecule has 1 atom stereocenters.